The molecule has 7 atom stereocenters. The van der Waals surface area contributed by atoms with Crippen LogP contribution in [0.4, 0.5) is 0 Å². The van der Waals surface area contributed by atoms with Gasteiger partial charge >= 0.3 is 0 Å². The van der Waals surface area contributed by atoms with Crippen LogP contribution in [0.1, 0.15) is 97.6 Å². The minimum Gasteiger partial charge on any atom is -0.394 e. The Labute approximate surface area is 518 Å². The van der Waals surface area contributed by atoms with Crippen LogP contribution in [0.15, 0.2) is 89.9 Å². The first-order valence-electron chi connectivity index (χ1n) is 29.8. The number of carbonyl (C=O) groups excluding carboxylic acids is 10. The molecule has 4 rings (SSSR count). The number of carbonyl (C=O) groups is 10. The molecule has 0 radical (unpaired) electrons. The van der Waals surface area contributed by atoms with E-state index in [0.29, 0.717) is 18.4 Å². The Bertz CT molecular complexity index is 3070. The molecule has 28 nitrogen and oxygen atoms in total. The molecule has 0 fully saturated rings. The van der Waals surface area contributed by atoms with Crippen molar-refractivity contribution >= 4 is 86.6 Å². The highest BCUT2D eigenvalue weighted by atomic mass is 16.3. The van der Waals surface area contributed by atoms with Crippen LogP contribution in [0.3, 0.4) is 0 Å². The Balaban J connectivity index is 1.52. The lowest BCUT2D eigenvalue weighted by Crippen LogP contribution is -2.59. The maximum absolute atomic E-state index is 14.4. The first-order valence-corrected chi connectivity index (χ1v) is 29.8. The van der Waals surface area contributed by atoms with Crippen LogP contribution in [0, 0.1) is 11.8 Å². The van der Waals surface area contributed by atoms with Gasteiger partial charge < -0.3 is 71.0 Å². The van der Waals surface area contributed by atoms with E-state index < -0.39 is 121 Å². The van der Waals surface area contributed by atoms with Crippen LogP contribution in [-0.2, 0) is 61.0 Å². The summed E-state index contributed by atoms with van der Waals surface area (Å²) in [5.41, 5.74) is 35.2. The molecule has 0 aromatic heterocycles. The molecule has 0 unspecified atom stereocenters. The lowest BCUT2D eigenvalue weighted by Gasteiger charge is -2.29. The van der Waals surface area contributed by atoms with Crippen molar-refractivity contribution in [3.63, 3.8) is 0 Å². The molecule has 10 amide bonds. The van der Waals surface area contributed by atoms with Crippen molar-refractivity contribution in [3.8, 4) is 0 Å². The zero-order valence-corrected chi connectivity index (χ0v) is 51.6. The summed E-state index contributed by atoms with van der Waals surface area (Å²) in [5.74, 6) is -7.90. The van der Waals surface area contributed by atoms with E-state index in [9.17, 15) is 53.1 Å². The van der Waals surface area contributed by atoms with Gasteiger partial charge in [-0.3, -0.25) is 63.8 Å². The highest BCUT2D eigenvalue weighted by Crippen LogP contribution is 2.22. The van der Waals surface area contributed by atoms with E-state index in [1.165, 1.54) is 23.9 Å². The second-order valence-corrected chi connectivity index (χ2v) is 22.7. The Kier molecular flexibility index (Phi) is 30.3. The summed E-state index contributed by atoms with van der Waals surface area (Å²) in [4.78, 5) is 139. The van der Waals surface area contributed by atoms with Gasteiger partial charge in [-0.05, 0) is 110 Å². The van der Waals surface area contributed by atoms with Crippen molar-refractivity contribution in [1.29, 1.82) is 0 Å². The molecule has 0 aliphatic rings. The number of hydrogen-bond donors (Lipinski definition) is 15. The third-order valence-electron chi connectivity index (χ3n) is 14.0. The molecule has 4 aromatic rings. The number of rotatable bonds is 38. The molecule has 0 saturated heterocycles. The van der Waals surface area contributed by atoms with Crippen LogP contribution < -0.4 is 76.7 Å². The number of amides is 10. The molecular formula is C61H91N17O11. The van der Waals surface area contributed by atoms with Gasteiger partial charge in [0.2, 0.25) is 47.3 Å². The third-order valence-corrected chi connectivity index (χ3v) is 14.0. The van der Waals surface area contributed by atoms with Gasteiger partial charge in [0.25, 0.3) is 11.8 Å². The van der Waals surface area contributed by atoms with Gasteiger partial charge in [-0.2, -0.15) is 0 Å². The molecule has 0 aliphatic heterocycles. The fraction of sp³-hybridized carbons (Fsp3) is 0.492. The number of hydrogen-bond acceptors (Lipinski definition) is 16. The van der Waals surface area contributed by atoms with Crippen LogP contribution >= 0.6 is 0 Å². The summed E-state index contributed by atoms with van der Waals surface area (Å²) >= 11 is 0. The molecule has 486 valence electrons. The molecule has 0 bridgehead atoms. The number of aliphatic imine (C=N–C) groups is 1. The summed E-state index contributed by atoms with van der Waals surface area (Å²) in [6.45, 7) is 8.11. The van der Waals surface area contributed by atoms with Crippen molar-refractivity contribution in [2.45, 2.75) is 142 Å². The summed E-state index contributed by atoms with van der Waals surface area (Å²) < 4.78 is 0. The van der Waals surface area contributed by atoms with Crippen LogP contribution in [0.2, 0.25) is 0 Å². The van der Waals surface area contributed by atoms with E-state index >= 15 is 0 Å². The quantitative estimate of drug-likeness (QED) is 0.0105. The number of unbranched alkanes of at least 4 members (excludes halogenated alkanes) is 1. The lowest BCUT2D eigenvalue weighted by molar-refractivity contribution is -0.136. The minimum absolute atomic E-state index is 0.0296. The topological polar surface area (TPSA) is 448 Å². The fourth-order valence-electron chi connectivity index (χ4n) is 9.53. The maximum atomic E-state index is 14.4. The van der Waals surface area contributed by atoms with Crippen molar-refractivity contribution in [2.24, 2.45) is 45.5 Å². The monoisotopic (exact) mass is 1240 g/mol. The highest BCUT2D eigenvalue weighted by Gasteiger charge is 2.32. The Morgan fingerprint density at radius 2 is 0.978 bits per heavy atom. The molecule has 89 heavy (non-hydrogen) atoms. The van der Waals surface area contributed by atoms with Gasteiger partial charge in [-0.1, -0.05) is 113 Å². The van der Waals surface area contributed by atoms with Crippen LogP contribution in [0.25, 0.3) is 21.5 Å². The number of nitrogens with zero attached hydrogens (tertiary/aromatic N) is 3. The largest absolute Gasteiger partial charge is 0.394 e. The van der Waals surface area contributed by atoms with E-state index in [1.807, 2.05) is 113 Å². The van der Waals surface area contributed by atoms with E-state index in [0.717, 1.165) is 27.1 Å². The molecule has 0 saturated carbocycles. The van der Waals surface area contributed by atoms with E-state index in [-0.39, 0.29) is 82.6 Å². The number of primary amides is 1. The van der Waals surface area contributed by atoms with Gasteiger partial charge in [0.05, 0.1) is 32.3 Å². The van der Waals surface area contributed by atoms with Gasteiger partial charge in [0.15, 0.2) is 5.96 Å². The zero-order valence-electron chi connectivity index (χ0n) is 51.6. The van der Waals surface area contributed by atoms with Crippen LogP contribution in [0.5, 0.6) is 0 Å². The van der Waals surface area contributed by atoms with Gasteiger partial charge in [-0.15, -0.1) is 0 Å². The van der Waals surface area contributed by atoms with Gasteiger partial charge in [0.1, 0.15) is 36.3 Å². The average Bonchev–Trinajstić information content (AvgIpc) is 3.68. The number of nitrogens with one attached hydrogen (secondary N) is 9. The first-order chi connectivity index (χ1) is 42.3. The molecule has 4 aromatic carbocycles. The zero-order chi connectivity index (χ0) is 65.7. The SMILES string of the molecule is CC(C)C[C@H](NC(=O)CN(Cc1cccc2ccccc12)NC(=O)[C@H](C)NC(=O)[C@H](CCCCN)NC(=O)CNC(=O)[C@H](CO)NC(=O)[C@H](CC(C)C)NC(=O)[C@H](C)N)C(=O)N[C@@H](CCCN=C(N)N)C(=O)NN(CC(N)=O)Cc1cccc2ccccc12. The molecule has 20 N–H and O–H groups in total. The third kappa shape index (κ3) is 25.4. The highest BCUT2D eigenvalue weighted by molar-refractivity contribution is 5.97. The normalized spacial score (nSPS) is 13.7. The van der Waals surface area contributed by atoms with Crippen molar-refractivity contribution in [2.75, 3.05) is 39.3 Å². The standard InChI is InChI=1S/C61H91N17O11/c1-36(2)28-48(58(87)72-47(25-15-27-67-61(65)66)60(89)76-77(33-51(64)80)31-42-20-13-18-40-16-7-9-22-44(40)42)71-53(82)34-78(32-43-21-14-19-41-17-8-10-23-45(41)43)75-55(84)39(6)69-57(86)46(24-11-12-26-62)70-52(81)30-68-56(85)50(35-79)74-59(88)49(29-37(3)4)73-54(83)38(5)63/h7-10,13-14,16-23,36-39,46-50,79H,11-12,15,24-35,62-63H2,1-6H3,(H2,64,80)(H,68,85)(H,69,86)(H,70,81)(H,71,82)(H,72,87)(H,73,83)(H,74,88)(H,75,84)(H,76,89)(H4,65,66,67)/t38-,39-,46-,47-,48-,49-,50-/m0/s1. The predicted octanol–water partition coefficient (Wildman–Crippen LogP) is -1.50. The summed E-state index contributed by atoms with van der Waals surface area (Å²) in [6.07, 6.45) is 1.48. The molecule has 28 heteroatoms. The summed E-state index contributed by atoms with van der Waals surface area (Å²) in [5, 5.41) is 34.2. The number of guanidine groups is 1. The van der Waals surface area contributed by atoms with E-state index in [4.69, 9.17) is 28.7 Å². The average molecular weight is 1240 g/mol. The Hall–Kier alpha value is -8.83. The fourth-order valence-corrected chi connectivity index (χ4v) is 9.53. The van der Waals surface area contributed by atoms with Crippen molar-refractivity contribution < 1.29 is 53.1 Å². The molecule has 0 spiro atoms. The molecular weight excluding hydrogens is 1150 g/mol. The molecule has 0 aliphatic carbocycles. The molecule has 0 heterocycles. The van der Waals surface area contributed by atoms with Gasteiger partial charge in [0, 0.05) is 19.6 Å². The summed E-state index contributed by atoms with van der Waals surface area (Å²) in [7, 11) is 0. The number of nitrogens with two attached hydrogens (primary N) is 5. The number of aliphatic hydroxyl groups excluding tert-OH is 1. The number of hydrazine groups is 2. The van der Waals surface area contributed by atoms with E-state index in [2.05, 4.69) is 53.1 Å². The Morgan fingerprint density at radius 1 is 0.506 bits per heavy atom. The first kappa shape index (κ1) is 72.6. The van der Waals surface area contributed by atoms with Crippen molar-refractivity contribution in [1.82, 2.24) is 58.1 Å². The predicted molar refractivity (Wildman–Crippen MR) is 337 cm³/mol. The van der Waals surface area contributed by atoms with Crippen molar-refractivity contribution in [3.05, 3.63) is 96.1 Å². The lowest BCUT2D eigenvalue weighted by atomic mass is 10.0. The number of benzene rings is 4. The van der Waals surface area contributed by atoms with Crippen LogP contribution in [-0.4, -0.2) is 162 Å². The smallest absolute Gasteiger partial charge is 0.256 e. The summed E-state index contributed by atoms with van der Waals surface area (Å²) in [6, 6.07) is 17.7. The minimum atomic E-state index is -1.52. The number of fused-ring (bicyclic) bond motifs is 2. The maximum Gasteiger partial charge on any atom is 0.256 e. The second-order valence-electron chi connectivity index (χ2n) is 22.7. The second kappa shape index (κ2) is 37.1. The van der Waals surface area contributed by atoms with Gasteiger partial charge in [-0.25, -0.2) is 10.0 Å². The Morgan fingerprint density at radius 3 is 1.51 bits per heavy atom. The number of aliphatic hydroxyl groups is 1. The van der Waals surface area contributed by atoms with E-state index in [1.54, 1.807) is 0 Å².